The van der Waals surface area contributed by atoms with Gasteiger partial charge in [-0.2, -0.15) is 0 Å². The molecule has 6 heteroatoms. The highest BCUT2D eigenvalue weighted by Crippen LogP contribution is 2.12. The number of nitrogens with zero attached hydrogens (tertiary/aromatic N) is 3. The molecule has 18 heavy (non-hydrogen) atoms. The Hall–Kier alpha value is -2.50. The van der Waals surface area contributed by atoms with Crippen molar-refractivity contribution in [3.05, 3.63) is 41.5 Å². The molecule has 0 bridgehead atoms. The van der Waals surface area contributed by atoms with Crippen molar-refractivity contribution in [2.45, 2.75) is 6.92 Å². The van der Waals surface area contributed by atoms with Gasteiger partial charge in [0, 0.05) is 5.56 Å². The van der Waals surface area contributed by atoms with E-state index in [4.69, 9.17) is 0 Å². The molecule has 2 rings (SSSR count). The van der Waals surface area contributed by atoms with Crippen molar-refractivity contribution in [1.29, 1.82) is 0 Å². The topological polar surface area (TPSA) is 74.1 Å². The summed E-state index contributed by atoms with van der Waals surface area (Å²) in [6.07, 6.45) is 2.21. The number of hydrogen-bond donors (Lipinski definition) is 0. The summed E-state index contributed by atoms with van der Waals surface area (Å²) in [5, 5.41) is 3.99. The molecule has 0 fully saturated rings. The quantitative estimate of drug-likeness (QED) is 0.599. The Morgan fingerprint density at radius 3 is 2.83 bits per heavy atom. The summed E-state index contributed by atoms with van der Waals surface area (Å²) >= 11 is 0. The lowest BCUT2D eigenvalue weighted by atomic mass is 10.1. The summed E-state index contributed by atoms with van der Waals surface area (Å²) in [7, 11) is 1.27. The van der Waals surface area contributed by atoms with Gasteiger partial charge >= 0.3 is 5.97 Å². The van der Waals surface area contributed by atoms with Gasteiger partial charge in [0.2, 0.25) is 0 Å². The molecule has 0 atom stereocenters. The molecule has 0 amide bonds. The highest BCUT2D eigenvalue weighted by Gasteiger charge is 2.12. The van der Waals surface area contributed by atoms with Gasteiger partial charge in [-0.1, -0.05) is 0 Å². The number of benzene rings is 1. The summed E-state index contributed by atoms with van der Waals surface area (Å²) in [5.74, 6) is -0.593. The fraction of sp³-hybridized carbons (Fsp3) is 0.167. The zero-order valence-electron chi connectivity index (χ0n) is 9.95. The first-order valence-corrected chi connectivity index (χ1v) is 5.22. The fourth-order valence-electron chi connectivity index (χ4n) is 1.51. The van der Waals surface area contributed by atoms with Crippen LogP contribution >= 0.6 is 0 Å². The fourth-order valence-corrected chi connectivity index (χ4v) is 1.51. The number of carbonyl (C=O) groups excluding carboxylic acids is 2. The van der Waals surface area contributed by atoms with Crippen LogP contribution in [0.4, 0.5) is 0 Å². The van der Waals surface area contributed by atoms with E-state index in [2.05, 4.69) is 14.8 Å². The molecule has 6 nitrogen and oxygen atoms in total. The summed E-state index contributed by atoms with van der Waals surface area (Å²) in [6.45, 7) is 1.82. The molecule has 0 aliphatic carbocycles. The number of hydrogen-bond acceptors (Lipinski definition) is 5. The Bertz CT molecular complexity index is 604. The van der Waals surface area contributed by atoms with Gasteiger partial charge in [-0.15, -0.1) is 5.10 Å². The summed E-state index contributed by atoms with van der Waals surface area (Å²) < 4.78 is 5.97. The maximum Gasteiger partial charge on any atom is 0.377 e. The van der Waals surface area contributed by atoms with E-state index in [1.165, 1.54) is 18.1 Å². The molecular weight excluding hydrogens is 234 g/mol. The largest absolute Gasteiger partial charge is 0.463 e. The number of carbonyl (C=O) groups is 2. The minimum Gasteiger partial charge on any atom is -0.463 e. The van der Waals surface area contributed by atoms with E-state index in [-0.39, 0.29) is 5.82 Å². The van der Waals surface area contributed by atoms with Crippen molar-refractivity contribution in [3.8, 4) is 5.69 Å². The van der Waals surface area contributed by atoms with Crippen molar-refractivity contribution in [2.75, 3.05) is 7.11 Å². The molecule has 0 N–H and O–H groups in total. The van der Waals surface area contributed by atoms with Gasteiger partial charge < -0.3 is 4.74 Å². The molecule has 0 unspecified atom stereocenters. The van der Waals surface area contributed by atoms with Crippen LogP contribution in [0.2, 0.25) is 0 Å². The van der Waals surface area contributed by atoms with Crippen molar-refractivity contribution < 1.29 is 14.3 Å². The van der Waals surface area contributed by atoms with E-state index in [0.29, 0.717) is 5.56 Å². The lowest BCUT2D eigenvalue weighted by molar-refractivity contribution is 0.0587. The van der Waals surface area contributed by atoms with Crippen LogP contribution in [0.15, 0.2) is 24.5 Å². The Kier molecular flexibility index (Phi) is 3.18. The Labute approximate surface area is 103 Å². The number of aldehydes is 1. The van der Waals surface area contributed by atoms with E-state index >= 15 is 0 Å². The van der Waals surface area contributed by atoms with Crippen molar-refractivity contribution >= 4 is 12.3 Å². The first kappa shape index (κ1) is 12.0. The van der Waals surface area contributed by atoms with E-state index < -0.39 is 5.97 Å². The number of aromatic nitrogens is 3. The highest BCUT2D eigenvalue weighted by molar-refractivity contribution is 5.84. The Balaban J connectivity index is 2.37. The molecule has 0 saturated heterocycles. The molecule has 2 aromatic rings. The van der Waals surface area contributed by atoms with E-state index in [1.54, 1.807) is 18.2 Å². The van der Waals surface area contributed by atoms with E-state index in [1.807, 2.05) is 6.92 Å². The molecule has 1 aromatic carbocycles. The van der Waals surface area contributed by atoms with Crippen LogP contribution in [-0.2, 0) is 4.74 Å². The third kappa shape index (κ3) is 2.13. The molecule has 0 radical (unpaired) electrons. The molecule has 1 aromatic heterocycles. The normalized spacial score (nSPS) is 10.1. The average Bonchev–Trinajstić information content (AvgIpc) is 2.87. The first-order valence-electron chi connectivity index (χ1n) is 5.22. The minimum atomic E-state index is -0.588. The third-order valence-corrected chi connectivity index (χ3v) is 2.50. The number of ether oxygens (including phenoxy) is 1. The number of aryl methyl sites for hydroxylation is 1. The monoisotopic (exact) mass is 245 g/mol. The average molecular weight is 245 g/mol. The molecule has 0 saturated carbocycles. The molecule has 0 aliphatic heterocycles. The standard InChI is InChI=1S/C12H11N3O3/c1-8-5-10(4-3-9(8)6-16)15-7-13-11(14-15)12(17)18-2/h3-7H,1-2H3. The van der Waals surface area contributed by atoms with Gasteiger partial charge in [0.05, 0.1) is 12.8 Å². The van der Waals surface area contributed by atoms with Crippen LogP contribution in [0.1, 0.15) is 26.5 Å². The molecule has 0 aliphatic rings. The molecule has 0 spiro atoms. The van der Waals surface area contributed by atoms with E-state index in [9.17, 15) is 9.59 Å². The van der Waals surface area contributed by atoms with Crippen molar-refractivity contribution in [1.82, 2.24) is 14.8 Å². The molecular formula is C12H11N3O3. The van der Waals surface area contributed by atoms with Crippen molar-refractivity contribution in [3.63, 3.8) is 0 Å². The maximum absolute atomic E-state index is 11.2. The van der Waals surface area contributed by atoms with Crippen LogP contribution in [0.25, 0.3) is 5.69 Å². The van der Waals surface area contributed by atoms with Crippen LogP contribution in [0.3, 0.4) is 0 Å². The van der Waals surface area contributed by atoms with Crippen LogP contribution in [0, 0.1) is 6.92 Å². The molecule has 92 valence electrons. The SMILES string of the molecule is COC(=O)c1ncn(-c2ccc(C=O)c(C)c2)n1. The summed E-state index contributed by atoms with van der Waals surface area (Å²) in [6, 6.07) is 5.21. The second kappa shape index (κ2) is 4.79. The number of esters is 1. The minimum absolute atomic E-state index is 0.00498. The smallest absolute Gasteiger partial charge is 0.377 e. The van der Waals surface area contributed by atoms with E-state index in [0.717, 1.165) is 17.5 Å². The zero-order chi connectivity index (χ0) is 13.1. The van der Waals surface area contributed by atoms with Crippen LogP contribution < -0.4 is 0 Å². The zero-order valence-corrected chi connectivity index (χ0v) is 9.95. The van der Waals surface area contributed by atoms with Gasteiger partial charge in [0.25, 0.3) is 5.82 Å². The number of rotatable bonds is 3. The predicted molar refractivity (Wildman–Crippen MR) is 62.8 cm³/mol. The Morgan fingerprint density at radius 2 is 2.22 bits per heavy atom. The van der Waals surface area contributed by atoms with Gasteiger partial charge in [0.15, 0.2) is 0 Å². The van der Waals surface area contributed by atoms with Gasteiger partial charge in [-0.25, -0.2) is 14.5 Å². The number of methoxy groups -OCH3 is 1. The van der Waals surface area contributed by atoms with Crippen LogP contribution in [-0.4, -0.2) is 34.1 Å². The summed E-state index contributed by atoms with van der Waals surface area (Å²) in [5.41, 5.74) is 2.17. The molecule has 1 heterocycles. The van der Waals surface area contributed by atoms with Gasteiger partial charge in [-0.05, 0) is 30.7 Å². The maximum atomic E-state index is 11.2. The summed E-state index contributed by atoms with van der Waals surface area (Å²) in [4.78, 5) is 25.8. The van der Waals surface area contributed by atoms with Crippen LogP contribution in [0.5, 0.6) is 0 Å². The lowest BCUT2D eigenvalue weighted by Gasteiger charge is -2.03. The predicted octanol–water partition coefficient (Wildman–Crippen LogP) is 1.17. The first-order chi connectivity index (χ1) is 8.65. The van der Waals surface area contributed by atoms with Gasteiger partial charge in [0.1, 0.15) is 12.6 Å². The van der Waals surface area contributed by atoms with Crippen molar-refractivity contribution in [2.24, 2.45) is 0 Å². The second-order valence-electron chi connectivity index (χ2n) is 3.66. The third-order valence-electron chi connectivity index (χ3n) is 2.50. The second-order valence-corrected chi connectivity index (χ2v) is 3.66. The highest BCUT2D eigenvalue weighted by atomic mass is 16.5. The lowest BCUT2D eigenvalue weighted by Crippen LogP contribution is -2.05. The van der Waals surface area contributed by atoms with Gasteiger partial charge in [-0.3, -0.25) is 4.79 Å². The Morgan fingerprint density at radius 1 is 1.44 bits per heavy atom.